The molecule has 0 unspecified atom stereocenters. The standard InChI is InChI=1S/C16H15ClF3NO/c1-4-21-15(10(8(2)3)7-11(17)16(21)22)14-12(19)5-9(18)6-13(14)20/h5-8H,4H2,1-3H3. The zero-order valence-electron chi connectivity index (χ0n) is 12.4. The highest BCUT2D eigenvalue weighted by molar-refractivity contribution is 6.30. The van der Waals surface area contributed by atoms with Gasteiger partial charge in [0.1, 0.15) is 22.5 Å². The van der Waals surface area contributed by atoms with Crippen LogP contribution >= 0.6 is 11.6 Å². The van der Waals surface area contributed by atoms with Crippen LogP contribution < -0.4 is 5.56 Å². The Hall–Kier alpha value is -1.75. The molecule has 1 aromatic carbocycles. The summed E-state index contributed by atoms with van der Waals surface area (Å²) in [7, 11) is 0. The summed E-state index contributed by atoms with van der Waals surface area (Å²) in [6, 6.07) is 2.61. The molecule has 118 valence electrons. The van der Waals surface area contributed by atoms with Gasteiger partial charge in [0.05, 0.1) is 11.3 Å². The fraction of sp³-hybridized carbons (Fsp3) is 0.312. The number of pyridine rings is 1. The van der Waals surface area contributed by atoms with Crippen molar-refractivity contribution in [2.24, 2.45) is 0 Å². The van der Waals surface area contributed by atoms with Gasteiger partial charge in [0.25, 0.3) is 5.56 Å². The lowest BCUT2D eigenvalue weighted by Gasteiger charge is -2.20. The molecule has 0 radical (unpaired) electrons. The quantitative estimate of drug-likeness (QED) is 0.798. The SMILES string of the molecule is CCn1c(-c2c(F)cc(F)cc2F)c(C(C)C)cc(Cl)c1=O. The molecule has 0 bridgehead atoms. The van der Waals surface area contributed by atoms with Crippen LogP contribution in [0.3, 0.4) is 0 Å². The van der Waals surface area contributed by atoms with E-state index in [1.54, 1.807) is 6.92 Å². The second-order valence-corrected chi connectivity index (χ2v) is 5.65. The Bertz CT molecular complexity index is 761. The van der Waals surface area contributed by atoms with Crippen LogP contribution in [-0.2, 0) is 6.54 Å². The van der Waals surface area contributed by atoms with Gasteiger partial charge in [-0.2, -0.15) is 0 Å². The van der Waals surface area contributed by atoms with E-state index in [-0.39, 0.29) is 23.2 Å². The molecule has 6 heteroatoms. The van der Waals surface area contributed by atoms with Crippen molar-refractivity contribution in [3.05, 3.63) is 56.6 Å². The van der Waals surface area contributed by atoms with Crippen molar-refractivity contribution in [1.82, 2.24) is 4.57 Å². The molecule has 2 rings (SSSR count). The maximum Gasteiger partial charge on any atom is 0.269 e. The molecular formula is C16H15ClF3NO. The summed E-state index contributed by atoms with van der Waals surface area (Å²) in [5.74, 6) is -3.24. The van der Waals surface area contributed by atoms with Gasteiger partial charge in [0.15, 0.2) is 0 Å². The number of nitrogens with zero attached hydrogens (tertiary/aromatic N) is 1. The summed E-state index contributed by atoms with van der Waals surface area (Å²) in [6.45, 7) is 5.49. The number of aromatic nitrogens is 1. The third-order valence-electron chi connectivity index (χ3n) is 3.46. The largest absolute Gasteiger partial charge is 0.307 e. The lowest BCUT2D eigenvalue weighted by molar-refractivity contribution is 0.544. The molecule has 1 aromatic heterocycles. The van der Waals surface area contributed by atoms with Gasteiger partial charge in [0.2, 0.25) is 0 Å². The van der Waals surface area contributed by atoms with Crippen LogP contribution in [0.25, 0.3) is 11.3 Å². The summed E-state index contributed by atoms with van der Waals surface area (Å²) in [6.07, 6.45) is 0. The van der Waals surface area contributed by atoms with E-state index in [4.69, 9.17) is 11.6 Å². The molecule has 0 aliphatic carbocycles. The van der Waals surface area contributed by atoms with Gasteiger partial charge in [-0.05, 0) is 24.5 Å². The Morgan fingerprint density at radius 2 is 1.68 bits per heavy atom. The molecule has 0 aliphatic heterocycles. The Kier molecular flexibility index (Phi) is 4.66. The zero-order chi connectivity index (χ0) is 16.6. The summed E-state index contributed by atoms with van der Waals surface area (Å²) in [5, 5.41) is -0.0165. The molecule has 2 aromatic rings. The van der Waals surface area contributed by atoms with Crippen molar-refractivity contribution in [2.45, 2.75) is 33.2 Å². The fourth-order valence-corrected chi connectivity index (χ4v) is 2.66. The number of hydrogen-bond acceptors (Lipinski definition) is 1. The molecule has 0 fully saturated rings. The van der Waals surface area contributed by atoms with E-state index >= 15 is 0 Å². The molecule has 0 N–H and O–H groups in total. The lowest BCUT2D eigenvalue weighted by atomic mass is 9.96. The van der Waals surface area contributed by atoms with E-state index in [1.165, 1.54) is 10.6 Å². The first-order valence-electron chi connectivity index (χ1n) is 6.86. The van der Waals surface area contributed by atoms with Crippen molar-refractivity contribution in [2.75, 3.05) is 0 Å². The van der Waals surface area contributed by atoms with Crippen molar-refractivity contribution in [3.8, 4) is 11.3 Å². The van der Waals surface area contributed by atoms with Crippen LogP contribution in [0.2, 0.25) is 5.02 Å². The second-order valence-electron chi connectivity index (χ2n) is 5.24. The maximum atomic E-state index is 14.2. The summed E-state index contributed by atoms with van der Waals surface area (Å²) < 4.78 is 42.7. The average Bonchev–Trinajstić information content (AvgIpc) is 2.41. The summed E-state index contributed by atoms with van der Waals surface area (Å²) >= 11 is 5.93. The Morgan fingerprint density at radius 3 is 2.14 bits per heavy atom. The molecule has 2 nitrogen and oxygen atoms in total. The maximum absolute atomic E-state index is 14.2. The highest BCUT2D eigenvalue weighted by Gasteiger charge is 2.23. The third kappa shape index (κ3) is 2.77. The lowest BCUT2D eigenvalue weighted by Crippen LogP contribution is -2.24. The number of rotatable bonds is 3. The Balaban J connectivity index is 2.97. The Morgan fingerprint density at radius 1 is 1.14 bits per heavy atom. The molecule has 0 spiro atoms. The van der Waals surface area contributed by atoms with Gasteiger partial charge in [0, 0.05) is 18.7 Å². The predicted octanol–water partition coefficient (Wildman–Crippen LogP) is 4.73. The molecule has 1 heterocycles. The smallest absolute Gasteiger partial charge is 0.269 e. The predicted molar refractivity (Wildman–Crippen MR) is 80.8 cm³/mol. The van der Waals surface area contributed by atoms with Crippen LogP contribution in [0, 0.1) is 17.5 Å². The number of halogens is 4. The third-order valence-corrected chi connectivity index (χ3v) is 3.73. The van der Waals surface area contributed by atoms with E-state index in [2.05, 4.69) is 0 Å². The highest BCUT2D eigenvalue weighted by atomic mass is 35.5. The van der Waals surface area contributed by atoms with Gasteiger partial charge >= 0.3 is 0 Å². The van der Waals surface area contributed by atoms with Gasteiger partial charge in [-0.15, -0.1) is 0 Å². The summed E-state index contributed by atoms with van der Waals surface area (Å²) in [4.78, 5) is 12.2. The number of hydrogen-bond donors (Lipinski definition) is 0. The van der Waals surface area contributed by atoms with Crippen molar-refractivity contribution < 1.29 is 13.2 Å². The minimum absolute atomic E-state index is 0.0165. The first-order valence-corrected chi connectivity index (χ1v) is 7.23. The number of benzene rings is 1. The first kappa shape index (κ1) is 16.6. The molecule has 0 saturated heterocycles. The molecule has 0 aliphatic rings. The van der Waals surface area contributed by atoms with Gasteiger partial charge in [-0.25, -0.2) is 13.2 Å². The monoisotopic (exact) mass is 329 g/mol. The van der Waals surface area contributed by atoms with Crippen molar-refractivity contribution in [1.29, 1.82) is 0 Å². The minimum atomic E-state index is -1.05. The van der Waals surface area contributed by atoms with Gasteiger partial charge < -0.3 is 4.57 Å². The van der Waals surface area contributed by atoms with Crippen molar-refractivity contribution in [3.63, 3.8) is 0 Å². The molecule has 0 saturated carbocycles. The topological polar surface area (TPSA) is 22.0 Å². The van der Waals surface area contributed by atoms with Crippen LogP contribution in [-0.4, -0.2) is 4.57 Å². The van der Waals surface area contributed by atoms with E-state index in [0.717, 1.165) is 0 Å². The van der Waals surface area contributed by atoms with Gasteiger partial charge in [-0.1, -0.05) is 25.4 Å². The fourth-order valence-electron chi connectivity index (χ4n) is 2.44. The van der Waals surface area contributed by atoms with Crippen LogP contribution in [0.15, 0.2) is 23.0 Å². The summed E-state index contributed by atoms with van der Waals surface area (Å²) in [5.41, 5.74) is -0.329. The van der Waals surface area contributed by atoms with E-state index < -0.39 is 28.6 Å². The van der Waals surface area contributed by atoms with E-state index in [0.29, 0.717) is 17.7 Å². The van der Waals surface area contributed by atoms with Crippen LogP contribution in [0.1, 0.15) is 32.3 Å². The van der Waals surface area contributed by atoms with E-state index in [9.17, 15) is 18.0 Å². The molecule has 0 atom stereocenters. The molecule has 22 heavy (non-hydrogen) atoms. The second kappa shape index (κ2) is 6.16. The normalized spacial score (nSPS) is 11.3. The average molecular weight is 330 g/mol. The highest BCUT2D eigenvalue weighted by Crippen LogP contribution is 2.33. The molecule has 0 amide bonds. The first-order chi connectivity index (χ1) is 10.3. The van der Waals surface area contributed by atoms with Crippen LogP contribution in [0.4, 0.5) is 13.2 Å². The van der Waals surface area contributed by atoms with Gasteiger partial charge in [-0.3, -0.25) is 4.79 Å². The Labute approximate surface area is 131 Å². The molecular weight excluding hydrogens is 315 g/mol. The van der Waals surface area contributed by atoms with E-state index in [1.807, 2.05) is 13.8 Å². The minimum Gasteiger partial charge on any atom is -0.307 e. The zero-order valence-corrected chi connectivity index (χ0v) is 13.1. The van der Waals surface area contributed by atoms with Crippen LogP contribution in [0.5, 0.6) is 0 Å². The van der Waals surface area contributed by atoms with Crippen molar-refractivity contribution >= 4 is 11.6 Å².